The van der Waals surface area contributed by atoms with E-state index in [1.54, 1.807) is 6.20 Å². The molecule has 2 aromatic rings. The van der Waals surface area contributed by atoms with Crippen molar-refractivity contribution in [2.45, 2.75) is 37.6 Å². The van der Waals surface area contributed by atoms with Gasteiger partial charge in [0.25, 0.3) is 0 Å². The molecule has 1 saturated heterocycles. The molecule has 1 aliphatic carbocycles. The van der Waals surface area contributed by atoms with Crippen LogP contribution in [0.4, 0.5) is 11.9 Å². The van der Waals surface area contributed by atoms with Crippen molar-refractivity contribution in [2.75, 3.05) is 44.3 Å². The lowest BCUT2D eigenvalue weighted by Gasteiger charge is -2.43. The minimum Gasteiger partial charge on any atom is -0.379 e. The molecule has 24 heavy (non-hydrogen) atoms. The van der Waals surface area contributed by atoms with Crippen LogP contribution in [0.1, 0.15) is 32.1 Å². The number of hydrogen-bond acceptors (Lipinski definition) is 7. The van der Waals surface area contributed by atoms with Crippen LogP contribution in [0.15, 0.2) is 6.20 Å². The zero-order chi connectivity index (χ0) is 16.6. The van der Waals surface area contributed by atoms with Crippen molar-refractivity contribution in [1.29, 1.82) is 0 Å². The molecule has 0 unspecified atom stereocenters. The van der Waals surface area contributed by atoms with Crippen LogP contribution in [-0.2, 0) is 10.3 Å². The fourth-order valence-corrected chi connectivity index (χ4v) is 4.21. The lowest BCUT2D eigenvalue weighted by molar-refractivity contribution is 0.0114. The molecule has 0 radical (unpaired) electrons. The van der Waals surface area contributed by atoms with E-state index in [1.165, 1.54) is 19.3 Å². The Kier molecular flexibility index (Phi) is 4.01. The third-order valence-corrected chi connectivity index (χ3v) is 5.32. The third-order valence-electron chi connectivity index (χ3n) is 5.32. The van der Waals surface area contributed by atoms with E-state index in [9.17, 15) is 0 Å². The zero-order valence-electron chi connectivity index (χ0n) is 13.9. The van der Waals surface area contributed by atoms with Crippen molar-refractivity contribution in [2.24, 2.45) is 0 Å². The van der Waals surface area contributed by atoms with Gasteiger partial charge in [0.2, 0.25) is 11.9 Å². The second-order valence-electron chi connectivity index (χ2n) is 6.92. The number of imidazole rings is 1. The maximum absolute atomic E-state index is 6.32. The van der Waals surface area contributed by atoms with Gasteiger partial charge in [-0.25, -0.2) is 9.97 Å². The molecule has 0 atom stereocenters. The Balaban J connectivity index is 1.78. The number of anilines is 2. The average Bonchev–Trinajstić information content (AvgIpc) is 2.92. The van der Waals surface area contributed by atoms with Crippen LogP contribution in [0, 0.1) is 0 Å². The Bertz CT molecular complexity index is 717. The highest BCUT2D eigenvalue weighted by molar-refractivity contribution is 5.74. The van der Waals surface area contributed by atoms with Crippen molar-refractivity contribution in [3.05, 3.63) is 6.20 Å². The minimum atomic E-state index is -0.0742. The monoisotopic (exact) mass is 331 g/mol. The summed E-state index contributed by atoms with van der Waals surface area (Å²) in [7, 11) is 0. The maximum atomic E-state index is 6.32. The first-order valence-corrected chi connectivity index (χ1v) is 8.75. The first-order chi connectivity index (χ1) is 11.7. The molecule has 0 amide bonds. The summed E-state index contributed by atoms with van der Waals surface area (Å²) in [6.45, 7) is 4.48. The molecule has 3 heterocycles. The van der Waals surface area contributed by atoms with Crippen LogP contribution in [0.2, 0.25) is 0 Å². The predicted octanol–water partition coefficient (Wildman–Crippen LogP) is 0.982. The number of fused-ring (bicyclic) bond motifs is 1. The molecule has 8 nitrogen and oxygen atoms in total. The van der Waals surface area contributed by atoms with Gasteiger partial charge in [0.05, 0.1) is 24.9 Å². The number of ether oxygens (including phenoxy) is 1. The summed E-state index contributed by atoms with van der Waals surface area (Å²) in [5.74, 6) is 0.779. The molecule has 0 spiro atoms. The van der Waals surface area contributed by atoms with E-state index >= 15 is 0 Å². The number of nitrogens with two attached hydrogens (primary N) is 2. The summed E-state index contributed by atoms with van der Waals surface area (Å²) in [6, 6.07) is 0. The SMILES string of the molecule is Nc1ncc2nc(N)n(C3(CN4CCOCC4)CCCCC3)c2n1. The van der Waals surface area contributed by atoms with Gasteiger partial charge >= 0.3 is 0 Å². The predicted molar refractivity (Wildman–Crippen MR) is 92.5 cm³/mol. The summed E-state index contributed by atoms with van der Waals surface area (Å²) in [6.07, 6.45) is 7.51. The van der Waals surface area contributed by atoms with Gasteiger partial charge < -0.3 is 16.2 Å². The standard InChI is InChI=1S/C16H25N7O/c17-14-19-10-12-13(21-14)23(15(18)20-12)16(4-2-1-3-5-16)11-22-6-8-24-9-7-22/h10H,1-9,11H2,(H2,18,20)(H2,17,19,21). The molecule has 4 rings (SSSR count). The highest BCUT2D eigenvalue weighted by Crippen LogP contribution is 2.39. The molecule has 0 aromatic carbocycles. The van der Waals surface area contributed by atoms with Gasteiger partial charge in [0, 0.05) is 19.6 Å². The molecule has 2 aromatic heterocycles. The van der Waals surface area contributed by atoms with Gasteiger partial charge in [-0.2, -0.15) is 4.98 Å². The minimum absolute atomic E-state index is 0.0742. The van der Waals surface area contributed by atoms with E-state index in [-0.39, 0.29) is 11.5 Å². The van der Waals surface area contributed by atoms with E-state index < -0.39 is 0 Å². The normalized spacial score (nSPS) is 22.0. The van der Waals surface area contributed by atoms with Gasteiger partial charge in [-0.1, -0.05) is 19.3 Å². The second kappa shape index (κ2) is 6.18. The van der Waals surface area contributed by atoms with Crippen LogP contribution in [-0.4, -0.2) is 57.3 Å². The van der Waals surface area contributed by atoms with Crippen molar-refractivity contribution < 1.29 is 4.74 Å². The quantitative estimate of drug-likeness (QED) is 0.863. The molecule has 8 heteroatoms. The first kappa shape index (κ1) is 15.6. The Morgan fingerprint density at radius 3 is 2.58 bits per heavy atom. The number of nitrogens with zero attached hydrogens (tertiary/aromatic N) is 5. The van der Waals surface area contributed by atoms with E-state index in [0.29, 0.717) is 11.5 Å². The maximum Gasteiger partial charge on any atom is 0.222 e. The van der Waals surface area contributed by atoms with Crippen molar-refractivity contribution in [3.8, 4) is 0 Å². The van der Waals surface area contributed by atoms with Crippen molar-refractivity contribution >= 4 is 23.1 Å². The van der Waals surface area contributed by atoms with E-state index in [4.69, 9.17) is 16.2 Å². The first-order valence-electron chi connectivity index (χ1n) is 8.75. The molecule has 130 valence electrons. The summed E-state index contributed by atoms with van der Waals surface area (Å²) >= 11 is 0. The Hall–Kier alpha value is -1.93. The summed E-state index contributed by atoms with van der Waals surface area (Å²) in [4.78, 5) is 15.5. The fourth-order valence-electron chi connectivity index (χ4n) is 4.21. The number of nitrogen functional groups attached to an aromatic ring is 2. The number of morpholine rings is 1. The molecular formula is C16H25N7O. The largest absolute Gasteiger partial charge is 0.379 e. The van der Waals surface area contributed by atoms with Crippen LogP contribution < -0.4 is 11.5 Å². The van der Waals surface area contributed by atoms with Crippen molar-refractivity contribution in [1.82, 2.24) is 24.4 Å². The average molecular weight is 331 g/mol. The molecular weight excluding hydrogens is 306 g/mol. The molecule has 4 N–H and O–H groups in total. The van der Waals surface area contributed by atoms with E-state index in [2.05, 4.69) is 24.4 Å². The summed E-state index contributed by atoms with van der Waals surface area (Å²) in [5.41, 5.74) is 13.6. The lowest BCUT2D eigenvalue weighted by Crippen LogP contribution is -2.50. The van der Waals surface area contributed by atoms with Crippen LogP contribution in [0.25, 0.3) is 11.2 Å². The fraction of sp³-hybridized carbons (Fsp3) is 0.688. The van der Waals surface area contributed by atoms with Crippen LogP contribution in [0.3, 0.4) is 0 Å². The van der Waals surface area contributed by atoms with Gasteiger partial charge in [-0.15, -0.1) is 0 Å². The zero-order valence-corrected chi connectivity index (χ0v) is 13.9. The Morgan fingerprint density at radius 2 is 1.83 bits per heavy atom. The van der Waals surface area contributed by atoms with E-state index in [0.717, 1.165) is 51.3 Å². The molecule has 1 saturated carbocycles. The Labute approximate surface area is 141 Å². The lowest BCUT2D eigenvalue weighted by atomic mass is 9.80. The third kappa shape index (κ3) is 2.69. The van der Waals surface area contributed by atoms with Crippen LogP contribution >= 0.6 is 0 Å². The molecule has 2 fully saturated rings. The highest BCUT2D eigenvalue weighted by atomic mass is 16.5. The Morgan fingerprint density at radius 1 is 1.08 bits per heavy atom. The summed E-state index contributed by atoms with van der Waals surface area (Å²) < 4.78 is 7.63. The highest BCUT2D eigenvalue weighted by Gasteiger charge is 2.39. The molecule has 1 aliphatic heterocycles. The smallest absolute Gasteiger partial charge is 0.222 e. The molecule has 0 bridgehead atoms. The molecule has 2 aliphatic rings. The number of hydrogen-bond donors (Lipinski definition) is 2. The van der Waals surface area contributed by atoms with Gasteiger partial charge in [-0.3, -0.25) is 9.47 Å². The topological polar surface area (TPSA) is 108 Å². The second-order valence-corrected chi connectivity index (χ2v) is 6.92. The number of rotatable bonds is 3. The summed E-state index contributed by atoms with van der Waals surface area (Å²) in [5, 5.41) is 0. The van der Waals surface area contributed by atoms with Crippen molar-refractivity contribution in [3.63, 3.8) is 0 Å². The van der Waals surface area contributed by atoms with Gasteiger partial charge in [0.1, 0.15) is 5.52 Å². The van der Waals surface area contributed by atoms with Gasteiger partial charge in [-0.05, 0) is 12.8 Å². The van der Waals surface area contributed by atoms with Crippen LogP contribution in [0.5, 0.6) is 0 Å². The number of aromatic nitrogens is 4. The van der Waals surface area contributed by atoms with Gasteiger partial charge in [0.15, 0.2) is 5.65 Å². The van der Waals surface area contributed by atoms with E-state index in [1.807, 2.05) is 0 Å².